The van der Waals surface area contributed by atoms with Crippen LogP contribution in [-0.4, -0.2) is 5.91 Å². The minimum absolute atomic E-state index is 0.0221. The molecule has 0 aliphatic rings. The van der Waals surface area contributed by atoms with Gasteiger partial charge < -0.3 is 10.5 Å². The third-order valence-corrected chi connectivity index (χ3v) is 2.94. The van der Waals surface area contributed by atoms with Gasteiger partial charge in [0.2, 0.25) is 0 Å². The second-order valence-electron chi connectivity index (χ2n) is 4.09. The lowest BCUT2D eigenvalue weighted by Crippen LogP contribution is -2.25. The van der Waals surface area contributed by atoms with Crippen LogP contribution in [0.15, 0.2) is 42.7 Å². The first-order chi connectivity index (χ1) is 9.77. The van der Waals surface area contributed by atoms with Crippen molar-refractivity contribution in [1.29, 1.82) is 0 Å². The van der Waals surface area contributed by atoms with Gasteiger partial charge in [-0.1, -0.05) is 11.6 Å². The molecule has 4 nitrogen and oxygen atoms in total. The lowest BCUT2D eigenvalue weighted by atomic mass is 10.2. The van der Waals surface area contributed by atoms with E-state index in [0.717, 1.165) is 30.6 Å². The first kappa shape index (κ1) is 15.1. The van der Waals surface area contributed by atoms with E-state index in [2.05, 4.69) is 5.32 Å². The maximum absolute atomic E-state index is 12.6. The van der Waals surface area contributed by atoms with E-state index in [1.165, 1.54) is 12.1 Å². The Labute approximate surface area is 122 Å². The summed E-state index contributed by atoms with van der Waals surface area (Å²) in [6, 6.07) is 5.10. The molecule has 21 heavy (non-hydrogen) atoms. The number of hydrogen-bond donors (Lipinski definition) is 1. The minimum atomic E-state index is -4.54. The molecule has 0 bridgehead atoms. The Morgan fingerprint density at radius 3 is 2.38 bits per heavy atom. The molecule has 2 aromatic rings. The number of alkyl halides is 3. The van der Waals surface area contributed by atoms with Crippen molar-refractivity contribution in [3.05, 3.63) is 64.1 Å². The number of pyridine rings is 1. The number of aromatic nitrogens is 1. The van der Waals surface area contributed by atoms with Crippen molar-refractivity contribution >= 4 is 23.2 Å². The van der Waals surface area contributed by atoms with E-state index in [1.807, 2.05) is 0 Å². The summed E-state index contributed by atoms with van der Waals surface area (Å²) in [5.74, 6) is -0.670. The van der Waals surface area contributed by atoms with Gasteiger partial charge in [-0.3, -0.25) is 4.79 Å². The molecule has 1 aromatic carbocycles. The van der Waals surface area contributed by atoms with E-state index in [4.69, 9.17) is 11.6 Å². The fourth-order valence-corrected chi connectivity index (χ4v) is 1.72. The number of halogens is 4. The van der Waals surface area contributed by atoms with Crippen LogP contribution in [0.1, 0.15) is 15.9 Å². The molecule has 2 rings (SSSR count). The molecule has 0 saturated heterocycles. The van der Waals surface area contributed by atoms with Crippen molar-refractivity contribution in [2.75, 3.05) is 5.32 Å². The number of nitrogens with one attached hydrogen (secondary N) is 1. The van der Waals surface area contributed by atoms with Crippen molar-refractivity contribution in [2.45, 2.75) is 6.18 Å². The van der Waals surface area contributed by atoms with Crippen LogP contribution in [0.3, 0.4) is 0 Å². The summed E-state index contributed by atoms with van der Waals surface area (Å²) >= 11 is 5.77. The zero-order valence-electron chi connectivity index (χ0n) is 10.3. The second-order valence-corrected chi connectivity index (χ2v) is 4.50. The highest BCUT2D eigenvalue weighted by Gasteiger charge is 2.31. The number of anilines is 1. The SMILES string of the molecule is O=C(Nc1cc(C(F)(F)F)ccc1Cl)c1cc[n+]([O-])cc1. The molecule has 0 aliphatic heterocycles. The van der Waals surface area contributed by atoms with Gasteiger partial charge in [-0.15, -0.1) is 0 Å². The molecular formula is C13H8ClF3N2O2. The molecule has 1 N–H and O–H groups in total. The van der Waals surface area contributed by atoms with Crippen molar-refractivity contribution in [3.8, 4) is 0 Å². The lowest BCUT2D eigenvalue weighted by molar-refractivity contribution is -0.605. The Morgan fingerprint density at radius 2 is 1.81 bits per heavy atom. The Hall–Kier alpha value is -2.28. The standard InChI is InChI=1S/C13H8ClF3N2O2/c14-10-2-1-9(13(15,16)17)7-11(10)18-12(20)8-3-5-19(21)6-4-8/h1-7H,(H,18,20). The summed E-state index contributed by atoms with van der Waals surface area (Å²) in [5.41, 5.74) is -0.960. The molecule has 0 fully saturated rings. The van der Waals surface area contributed by atoms with E-state index in [0.29, 0.717) is 4.73 Å². The number of rotatable bonds is 2. The molecule has 1 amide bonds. The molecule has 8 heteroatoms. The molecule has 0 spiro atoms. The first-order valence-electron chi connectivity index (χ1n) is 5.64. The topological polar surface area (TPSA) is 56.0 Å². The first-order valence-corrected chi connectivity index (χ1v) is 6.02. The van der Waals surface area contributed by atoms with Crippen LogP contribution in [-0.2, 0) is 6.18 Å². The zero-order chi connectivity index (χ0) is 15.6. The fraction of sp³-hybridized carbons (Fsp3) is 0.0769. The number of carbonyl (C=O) groups excluding carboxylic acids is 1. The second kappa shape index (κ2) is 5.61. The van der Waals surface area contributed by atoms with Crippen molar-refractivity contribution in [3.63, 3.8) is 0 Å². The van der Waals surface area contributed by atoms with Gasteiger partial charge in [-0.05, 0) is 18.2 Å². The summed E-state index contributed by atoms with van der Waals surface area (Å²) in [7, 11) is 0. The number of nitrogens with zero attached hydrogens (tertiary/aromatic N) is 1. The Kier molecular flexibility index (Phi) is 4.04. The zero-order valence-corrected chi connectivity index (χ0v) is 11.1. The summed E-state index contributed by atoms with van der Waals surface area (Å²) in [6.45, 7) is 0. The van der Waals surface area contributed by atoms with Crippen LogP contribution in [0.25, 0.3) is 0 Å². The van der Waals surface area contributed by atoms with E-state index in [-0.39, 0.29) is 16.3 Å². The van der Waals surface area contributed by atoms with Gasteiger partial charge in [0.25, 0.3) is 5.91 Å². The van der Waals surface area contributed by atoms with Gasteiger partial charge in [0.05, 0.1) is 21.8 Å². The Morgan fingerprint density at radius 1 is 1.19 bits per heavy atom. The lowest BCUT2D eigenvalue weighted by Gasteiger charge is -2.11. The highest BCUT2D eigenvalue weighted by molar-refractivity contribution is 6.34. The molecular weight excluding hydrogens is 309 g/mol. The minimum Gasteiger partial charge on any atom is -0.619 e. The summed E-state index contributed by atoms with van der Waals surface area (Å²) < 4.78 is 38.3. The third kappa shape index (κ3) is 3.63. The van der Waals surface area contributed by atoms with Crippen LogP contribution >= 0.6 is 11.6 Å². The van der Waals surface area contributed by atoms with Crippen LogP contribution in [0, 0.1) is 5.21 Å². The van der Waals surface area contributed by atoms with Gasteiger partial charge in [0, 0.05) is 12.1 Å². The molecule has 110 valence electrons. The number of amides is 1. The maximum Gasteiger partial charge on any atom is 0.416 e. The maximum atomic E-state index is 12.6. The molecule has 1 aromatic heterocycles. The molecule has 0 aliphatic carbocycles. The molecule has 0 atom stereocenters. The Bertz CT molecular complexity index is 672. The predicted molar refractivity (Wildman–Crippen MR) is 69.8 cm³/mol. The average Bonchev–Trinajstić information content (AvgIpc) is 2.40. The fourth-order valence-electron chi connectivity index (χ4n) is 1.56. The highest BCUT2D eigenvalue weighted by Crippen LogP contribution is 2.33. The predicted octanol–water partition coefficient (Wildman–Crippen LogP) is 3.24. The molecule has 0 saturated carbocycles. The quantitative estimate of drug-likeness (QED) is 0.683. The third-order valence-electron chi connectivity index (χ3n) is 2.61. The van der Waals surface area contributed by atoms with Crippen LogP contribution < -0.4 is 10.0 Å². The smallest absolute Gasteiger partial charge is 0.416 e. The Balaban J connectivity index is 2.26. The normalized spacial score (nSPS) is 11.2. The summed E-state index contributed by atoms with van der Waals surface area (Å²) in [5, 5.41) is 13.1. The molecule has 0 unspecified atom stereocenters. The van der Waals surface area contributed by atoms with Gasteiger partial charge in [-0.2, -0.15) is 17.9 Å². The molecule has 1 heterocycles. The monoisotopic (exact) mass is 316 g/mol. The number of hydrogen-bond acceptors (Lipinski definition) is 2. The van der Waals surface area contributed by atoms with Crippen LogP contribution in [0.4, 0.5) is 18.9 Å². The van der Waals surface area contributed by atoms with E-state index in [1.54, 1.807) is 0 Å². The van der Waals surface area contributed by atoms with E-state index in [9.17, 15) is 23.2 Å². The van der Waals surface area contributed by atoms with Crippen LogP contribution in [0.2, 0.25) is 5.02 Å². The number of carbonyl (C=O) groups is 1. The highest BCUT2D eigenvalue weighted by atomic mass is 35.5. The van der Waals surface area contributed by atoms with Gasteiger partial charge in [0.15, 0.2) is 12.4 Å². The molecule has 0 radical (unpaired) electrons. The van der Waals surface area contributed by atoms with Gasteiger partial charge in [0.1, 0.15) is 0 Å². The largest absolute Gasteiger partial charge is 0.619 e. The average molecular weight is 317 g/mol. The summed E-state index contributed by atoms with van der Waals surface area (Å²) in [4.78, 5) is 11.9. The van der Waals surface area contributed by atoms with E-state index < -0.39 is 17.6 Å². The van der Waals surface area contributed by atoms with Gasteiger partial charge >= 0.3 is 6.18 Å². The summed E-state index contributed by atoms with van der Waals surface area (Å²) in [6.07, 6.45) is -2.34. The van der Waals surface area contributed by atoms with E-state index >= 15 is 0 Å². The van der Waals surface area contributed by atoms with Crippen molar-refractivity contribution < 1.29 is 22.7 Å². The van der Waals surface area contributed by atoms with Crippen molar-refractivity contribution in [2.24, 2.45) is 0 Å². The van der Waals surface area contributed by atoms with Crippen molar-refractivity contribution in [1.82, 2.24) is 0 Å². The number of benzene rings is 1. The van der Waals surface area contributed by atoms with Gasteiger partial charge in [-0.25, -0.2) is 0 Å². The van der Waals surface area contributed by atoms with Crippen LogP contribution in [0.5, 0.6) is 0 Å².